The van der Waals surface area contributed by atoms with Crippen LogP contribution in [0.2, 0.25) is 0 Å². The third-order valence-corrected chi connectivity index (χ3v) is 4.55. The lowest BCUT2D eigenvalue weighted by molar-refractivity contribution is -0.115. The number of allylic oxidation sites excluding steroid dienone is 1. The second kappa shape index (κ2) is 6.14. The minimum Gasteiger partial charge on any atom is -0.481 e. The molecule has 25 heavy (non-hydrogen) atoms. The van der Waals surface area contributed by atoms with Gasteiger partial charge in [-0.15, -0.1) is 0 Å². The highest BCUT2D eigenvalue weighted by molar-refractivity contribution is 8.18. The molecular formula is C17H13N3O4S. The van der Waals surface area contributed by atoms with E-state index in [1.165, 1.54) is 0 Å². The van der Waals surface area contributed by atoms with E-state index in [1.807, 2.05) is 29.3 Å². The van der Waals surface area contributed by atoms with Crippen LogP contribution in [0, 0.1) is 0 Å². The second-order valence-corrected chi connectivity index (χ2v) is 6.36. The van der Waals surface area contributed by atoms with Crippen molar-refractivity contribution in [3.63, 3.8) is 0 Å². The molecular weight excluding hydrogens is 342 g/mol. The summed E-state index contributed by atoms with van der Waals surface area (Å²) in [5.74, 6) is 1.28. The van der Waals surface area contributed by atoms with Crippen molar-refractivity contribution in [2.45, 2.75) is 6.42 Å². The van der Waals surface area contributed by atoms with Crippen LogP contribution in [0.1, 0.15) is 11.3 Å². The van der Waals surface area contributed by atoms with Gasteiger partial charge in [0.05, 0.1) is 17.7 Å². The van der Waals surface area contributed by atoms with Crippen LogP contribution < -0.4 is 15.0 Å². The molecule has 4 heterocycles. The molecule has 4 rings (SSSR count). The molecule has 2 aliphatic rings. The number of rotatable bonds is 3. The molecule has 8 heteroatoms. The quantitative estimate of drug-likeness (QED) is 0.846. The molecule has 0 aliphatic carbocycles. The number of anilines is 2. The fraction of sp³-hybridized carbons (Fsp3) is 0.118. The van der Waals surface area contributed by atoms with Crippen molar-refractivity contribution in [2.75, 3.05) is 12.0 Å². The van der Waals surface area contributed by atoms with Crippen LogP contribution in [0.25, 0.3) is 6.08 Å². The van der Waals surface area contributed by atoms with Crippen LogP contribution in [0.3, 0.4) is 0 Å². The second-order valence-electron chi connectivity index (χ2n) is 5.35. The Balaban J connectivity index is 1.69. The van der Waals surface area contributed by atoms with Crippen molar-refractivity contribution in [3.8, 4) is 5.88 Å². The summed E-state index contributed by atoms with van der Waals surface area (Å²) in [5, 5.41) is 1.85. The maximum Gasteiger partial charge on any atom is 0.290 e. The fourth-order valence-electron chi connectivity index (χ4n) is 2.63. The Labute approximate surface area is 147 Å². The SMILES string of the molecule is COc1cc(N2C=CCc3cc(/C=C4\SC(=O)NC4=O)oc32)ccn1. The van der Waals surface area contributed by atoms with Gasteiger partial charge in [-0.05, 0) is 30.3 Å². The molecule has 0 aromatic carbocycles. The van der Waals surface area contributed by atoms with Gasteiger partial charge in [-0.1, -0.05) is 6.08 Å². The highest BCUT2D eigenvalue weighted by Crippen LogP contribution is 2.37. The summed E-state index contributed by atoms with van der Waals surface area (Å²) in [6.07, 6.45) is 7.89. The molecule has 0 bridgehead atoms. The molecule has 0 saturated carbocycles. The standard InChI is InChI=1S/C17H13N3O4S/c1-23-14-8-11(4-5-18-14)20-6-2-3-10-7-12(24-16(10)20)9-13-15(21)19-17(22)25-13/h2,4-9H,3H2,1H3,(H,19,21,22)/b13-9-. The van der Waals surface area contributed by atoms with Crippen molar-refractivity contribution in [1.82, 2.24) is 10.3 Å². The van der Waals surface area contributed by atoms with Crippen LogP contribution in [0.15, 0.2) is 46.0 Å². The van der Waals surface area contributed by atoms with Crippen molar-refractivity contribution < 1.29 is 18.7 Å². The molecule has 0 atom stereocenters. The van der Waals surface area contributed by atoms with Crippen LogP contribution >= 0.6 is 11.8 Å². The van der Waals surface area contributed by atoms with Crippen LogP contribution in [-0.4, -0.2) is 23.2 Å². The Morgan fingerprint density at radius 2 is 2.28 bits per heavy atom. The number of pyridine rings is 1. The molecule has 1 saturated heterocycles. The Kier molecular flexibility index (Phi) is 3.81. The van der Waals surface area contributed by atoms with E-state index < -0.39 is 5.91 Å². The number of furan rings is 1. The highest BCUT2D eigenvalue weighted by Gasteiger charge is 2.26. The summed E-state index contributed by atoms with van der Waals surface area (Å²) in [6.45, 7) is 0. The summed E-state index contributed by atoms with van der Waals surface area (Å²) in [6, 6.07) is 5.52. The number of carbonyl (C=O) groups is 2. The number of ether oxygens (including phenoxy) is 1. The molecule has 0 spiro atoms. The molecule has 7 nitrogen and oxygen atoms in total. The molecule has 0 radical (unpaired) electrons. The maximum absolute atomic E-state index is 11.7. The van der Waals surface area contributed by atoms with E-state index in [-0.39, 0.29) is 5.24 Å². The fourth-order valence-corrected chi connectivity index (χ4v) is 3.29. The lowest BCUT2D eigenvalue weighted by Gasteiger charge is -2.22. The predicted octanol–water partition coefficient (Wildman–Crippen LogP) is 3.22. The first-order valence-electron chi connectivity index (χ1n) is 7.47. The average Bonchev–Trinajstić information content (AvgIpc) is 3.17. The van der Waals surface area contributed by atoms with Gasteiger partial charge in [-0.2, -0.15) is 0 Å². The smallest absolute Gasteiger partial charge is 0.290 e. The van der Waals surface area contributed by atoms with E-state index in [0.717, 1.165) is 29.4 Å². The number of imide groups is 1. The van der Waals surface area contributed by atoms with Crippen molar-refractivity contribution in [3.05, 3.63) is 52.9 Å². The Morgan fingerprint density at radius 3 is 3.04 bits per heavy atom. The zero-order valence-corrected chi connectivity index (χ0v) is 14.0. The van der Waals surface area contributed by atoms with E-state index in [2.05, 4.69) is 10.3 Å². The van der Waals surface area contributed by atoms with Crippen molar-refractivity contribution >= 4 is 40.6 Å². The lowest BCUT2D eigenvalue weighted by atomic mass is 10.1. The van der Waals surface area contributed by atoms with E-state index in [4.69, 9.17) is 9.15 Å². The van der Waals surface area contributed by atoms with Crippen LogP contribution in [0.4, 0.5) is 16.4 Å². The van der Waals surface area contributed by atoms with Gasteiger partial charge in [-0.3, -0.25) is 19.8 Å². The monoisotopic (exact) mass is 355 g/mol. The summed E-state index contributed by atoms with van der Waals surface area (Å²) in [4.78, 5) is 29.3. The molecule has 2 aromatic rings. The summed E-state index contributed by atoms with van der Waals surface area (Å²) < 4.78 is 11.1. The molecule has 1 N–H and O–H groups in total. The number of carbonyl (C=O) groups excluding carboxylic acids is 2. The number of amides is 2. The molecule has 2 aromatic heterocycles. The van der Waals surface area contributed by atoms with Gasteiger partial charge < -0.3 is 9.15 Å². The lowest BCUT2D eigenvalue weighted by Crippen LogP contribution is -2.17. The Hall–Kier alpha value is -3.00. The minimum atomic E-state index is -0.404. The number of aromatic nitrogens is 1. The molecule has 1 fully saturated rings. The number of hydrogen-bond acceptors (Lipinski definition) is 7. The first kappa shape index (κ1) is 15.5. The first-order valence-corrected chi connectivity index (χ1v) is 8.29. The van der Waals surface area contributed by atoms with E-state index in [0.29, 0.717) is 22.4 Å². The molecule has 126 valence electrons. The largest absolute Gasteiger partial charge is 0.481 e. The number of nitrogens with zero attached hydrogens (tertiary/aromatic N) is 2. The Morgan fingerprint density at radius 1 is 1.40 bits per heavy atom. The number of hydrogen-bond donors (Lipinski definition) is 1. The van der Waals surface area contributed by atoms with E-state index >= 15 is 0 Å². The molecule has 2 amide bonds. The predicted molar refractivity (Wildman–Crippen MR) is 93.6 cm³/mol. The number of thioether (sulfide) groups is 1. The van der Waals surface area contributed by atoms with Gasteiger partial charge in [0, 0.05) is 30.1 Å². The number of nitrogens with one attached hydrogen (secondary N) is 1. The van der Waals surface area contributed by atoms with Crippen LogP contribution in [-0.2, 0) is 11.2 Å². The van der Waals surface area contributed by atoms with Crippen molar-refractivity contribution in [1.29, 1.82) is 0 Å². The zero-order valence-electron chi connectivity index (χ0n) is 13.2. The Bertz CT molecular complexity index is 932. The van der Waals surface area contributed by atoms with Gasteiger partial charge in [0.15, 0.2) is 0 Å². The average molecular weight is 355 g/mol. The van der Waals surface area contributed by atoms with Gasteiger partial charge >= 0.3 is 0 Å². The topological polar surface area (TPSA) is 84.7 Å². The maximum atomic E-state index is 11.7. The first-order chi connectivity index (χ1) is 12.1. The van der Waals surface area contributed by atoms with Gasteiger partial charge in [0.2, 0.25) is 11.8 Å². The summed E-state index contributed by atoms with van der Waals surface area (Å²) in [5.41, 5.74) is 1.83. The van der Waals surface area contributed by atoms with Gasteiger partial charge in [0.1, 0.15) is 5.76 Å². The van der Waals surface area contributed by atoms with E-state index in [9.17, 15) is 9.59 Å². The van der Waals surface area contributed by atoms with Gasteiger partial charge in [-0.25, -0.2) is 4.98 Å². The zero-order chi connectivity index (χ0) is 17.4. The number of fused-ring (bicyclic) bond motifs is 1. The minimum absolute atomic E-state index is 0.321. The molecule has 2 aliphatic heterocycles. The van der Waals surface area contributed by atoms with Crippen molar-refractivity contribution in [2.24, 2.45) is 0 Å². The van der Waals surface area contributed by atoms with E-state index in [1.54, 1.807) is 25.4 Å². The van der Waals surface area contributed by atoms with Gasteiger partial charge in [0.25, 0.3) is 11.1 Å². The summed E-state index contributed by atoms with van der Waals surface area (Å²) in [7, 11) is 1.56. The normalized spacial score (nSPS) is 17.8. The third-order valence-electron chi connectivity index (χ3n) is 3.74. The number of methoxy groups -OCH3 is 1. The van der Waals surface area contributed by atoms with Crippen LogP contribution in [0.5, 0.6) is 5.88 Å². The molecule has 0 unspecified atom stereocenters. The third kappa shape index (κ3) is 2.91. The summed E-state index contributed by atoms with van der Waals surface area (Å²) >= 11 is 0.864. The highest BCUT2D eigenvalue weighted by atomic mass is 32.2.